The maximum Gasteiger partial charge on any atom is 0.338 e. The van der Waals surface area contributed by atoms with Crippen molar-refractivity contribution in [2.24, 2.45) is 0 Å². The standard InChI is InChI=1S/C19H17IN2O3S/c1-2-3-9-25-18(24)13-7-8-15-16(11-13)26-19(21-15)22-17(23)12-5-4-6-14(20)10-12/h4-8,10-11H,2-3,9H2,1H3,(H,21,22,23). The molecular weight excluding hydrogens is 463 g/mol. The highest BCUT2D eigenvalue weighted by atomic mass is 127. The minimum Gasteiger partial charge on any atom is -0.462 e. The molecule has 0 saturated heterocycles. The molecule has 0 aliphatic carbocycles. The maximum atomic E-state index is 12.3. The Kier molecular flexibility index (Phi) is 6.20. The van der Waals surface area contributed by atoms with Gasteiger partial charge in [-0.1, -0.05) is 30.7 Å². The van der Waals surface area contributed by atoms with E-state index in [4.69, 9.17) is 4.74 Å². The van der Waals surface area contributed by atoms with Gasteiger partial charge in [0.05, 0.1) is 22.4 Å². The number of hydrogen-bond acceptors (Lipinski definition) is 5. The molecule has 3 aromatic rings. The molecule has 5 nitrogen and oxygen atoms in total. The van der Waals surface area contributed by atoms with Crippen molar-refractivity contribution in [1.29, 1.82) is 0 Å². The molecule has 0 aliphatic heterocycles. The number of nitrogens with zero attached hydrogens (tertiary/aromatic N) is 1. The molecule has 3 rings (SSSR count). The van der Waals surface area contributed by atoms with E-state index in [1.165, 1.54) is 11.3 Å². The van der Waals surface area contributed by atoms with Gasteiger partial charge < -0.3 is 4.74 Å². The first-order valence-electron chi connectivity index (χ1n) is 8.21. The predicted molar refractivity (Wildman–Crippen MR) is 112 cm³/mol. The Balaban J connectivity index is 1.74. The number of anilines is 1. The number of carbonyl (C=O) groups is 2. The van der Waals surface area contributed by atoms with Crippen LogP contribution in [-0.4, -0.2) is 23.5 Å². The van der Waals surface area contributed by atoms with Gasteiger partial charge in [-0.05, 0) is 65.4 Å². The summed E-state index contributed by atoms with van der Waals surface area (Å²) in [6.45, 7) is 2.47. The number of esters is 1. The number of rotatable bonds is 6. The van der Waals surface area contributed by atoms with Crippen LogP contribution in [0.15, 0.2) is 42.5 Å². The molecule has 2 aromatic carbocycles. The van der Waals surface area contributed by atoms with Gasteiger partial charge in [-0.25, -0.2) is 9.78 Å². The summed E-state index contributed by atoms with van der Waals surface area (Å²) in [7, 11) is 0. The zero-order valence-electron chi connectivity index (χ0n) is 14.1. The SMILES string of the molecule is CCCCOC(=O)c1ccc2nc(NC(=O)c3cccc(I)c3)sc2c1. The second-order valence-electron chi connectivity index (χ2n) is 5.66. The zero-order chi connectivity index (χ0) is 18.5. The number of benzene rings is 2. The molecule has 1 amide bonds. The van der Waals surface area contributed by atoms with Crippen LogP contribution in [0.3, 0.4) is 0 Å². The summed E-state index contributed by atoms with van der Waals surface area (Å²) < 4.78 is 7.05. The average molecular weight is 480 g/mol. The van der Waals surface area contributed by atoms with Crippen LogP contribution in [0.4, 0.5) is 5.13 Å². The average Bonchev–Trinajstić information content (AvgIpc) is 3.03. The number of nitrogens with one attached hydrogen (secondary N) is 1. The fourth-order valence-electron chi connectivity index (χ4n) is 2.30. The van der Waals surface area contributed by atoms with E-state index in [9.17, 15) is 9.59 Å². The van der Waals surface area contributed by atoms with E-state index >= 15 is 0 Å². The van der Waals surface area contributed by atoms with Gasteiger partial charge in [-0.3, -0.25) is 10.1 Å². The third-order valence-corrected chi connectivity index (χ3v) is 5.27. The van der Waals surface area contributed by atoms with E-state index in [1.807, 2.05) is 25.1 Å². The fraction of sp³-hybridized carbons (Fsp3) is 0.211. The zero-order valence-corrected chi connectivity index (χ0v) is 17.1. The third kappa shape index (κ3) is 4.59. The molecule has 1 N–H and O–H groups in total. The first-order valence-corrected chi connectivity index (χ1v) is 10.1. The predicted octanol–water partition coefficient (Wildman–Crippen LogP) is 5.11. The lowest BCUT2D eigenvalue weighted by Gasteiger charge is -2.03. The van der Waals surface area contributed by atoms with Crippen LogP contribution in [0.5, 0.6) is 0 Å². The van der Waals surface area contributed by atoms with Gasteiger partial charge in [0.25, 0.3) is 5.91 Å². The van der Waals surface area contributed by atoms with Crippen LogP contribution >= 0.6 is 33.9 Å². The number of unbranched alkanes of at least 4 members (excludes halogenated alkanes) is 1. The Labute approximate surface area is 168 Å². The summed E-state index contributed by atoms with van der Waals surface area (Å²) in [5.41, 5.74) is 1.81. The highest BCUT2D eigenvalue weighted by molar-refractivity contribution is 14.1. The number of carbonyl (C=O) groups excluding carboxylic acids is 2. The van der Waals surface area contributed by atoms with Crippen molar-refractivity contribution in [3.63, 3.8) is 0 Å². The monoisotopic (exact) mass is 480 g/mol. The van der Waals surface area contributed by atoms with E-state index in [0.29, 0.717) is 22.9 Å². The first kappa shape index (κ1) is 18.8. The third-order valence-electron chi connectivity index (χ3n) is 3.66. The number of ether oxygens (including phenoxy) is 1. The number of thiazole rings is 1. The molecule has 1 aromatic heterocycles. The van der Waals surface area contributed by atoms with Crippen molar-refractivity contribution < 1.29 is 14.3 Å². The van der Waals surface area contributed by atoms with E-state index < -0.39 is 0 Å². The molecule has 0 atom stereocenters. The quantitative estimate of drug-likeness (QED) is 0.303. The molecule has 0 aliphatic rings. The smallest absolute Gasteiger partial charge is 0.338 e. The lowest BCUT2D eigenvalue weighted by molar-refractivity contribution is 0.0500. The second-order valence-corrected chi connectivity index (χ2v) is 7.93. The van der Waals surface area contributed by atoms with Crippen molar-refractivity contribution in [3.8, 4) is 0 Å². The molecule has 0 radical (unpaired) electrons. The Morgan fingerprint density at radius 3 is 2.81 bits per heavy atom. The van der Waals surface area contributed by atoms with Gasteiger partial charge in [0.15, 0.2) is 5.13 Å². The van der Waals surface area contributed by atoms with Crippen molar-refractivity contribution >= 4 is 61.2 Å². The number of amides is 1. The maximum absolute atomic E-state index is 12.3. The molecule has 0 unspecified atom stereocenters. The first-order chi connectivity index (χ1) is 12.6. The minimum absolute atomic E-state index is 0.207. The lowest BCUT2D eigenvalue weighted by atomic mass is 10.2. The van der Waals surface area contributed by atoms with Crippen molar-refractivity contribution in [1.82, 2.24) is 4.98 Å². The van der Waals surface area contributed by atoms with Crippen molar-refractivity contribution in [2.75, 3.05) is 11.9 Å². The summed E-state index contributed by atoms with van der Waals surface area (Å²) in [4.78, 5) is 28.8. The fourth-order valence-corrected chi connectivity index (χ4v) is 3.74. The summed E-state index contributed by atoms with van der Waals surface area (Å²) in [6.07, 6.45) is 1.83. The number of halogens is 1. The van der Waals surface area contributed by atoms with Crippen LogP contribution in [0.25, 0.3) is 10.2 Å². The van der Waals surface area contributed by atoms with Crippen LogP contribution < -0.4 is 5.32 Å². The lowest BCUT2D eigenvalue weighted by Crippen LogP contribution is -2.11. The topological polar surface area (TPSA) is 68.3 Å². The summed E-state index contributed by atoms with van der Waals surface area (Å²) in [5.74, 6) is -0.542. The van der Waals surface area contributed by atoms with Gasteiger partial charge in [0.1, 0.15) is 0 Å². The molecule has 134 valence electrons. The van der Waals surface area contributed by atoms with Gasteiger partial charge in [-0.15, -0.1) is 0 Å². The van der Waals surface area contributed by atoms with E-state index in [1.54, 1.807) is 24.3 Å². The molecule has 0 fully saturated rings. The molecule has 0 saturated carbocycles. The van der Waals surface area contributed by atoms with Crippen LogP contribution in [-0.2, 0) is 4.74 Å². The number of fused-ring (bicyclic) bond motifs is 1. The van der Waals surface area contributed by atoms with Crippen LogP contribution in [0.1, 0.15) is 40.5 Å². The normalized spacial score (nSPS) is 10.7. The Morgan fingerprint density at radius 2 is 2.04 bits per heavy atom. The van der Waals surface area contributed by atoms with Crippen molar-refractivity contribution in [2.45, 2.75) is 19.8 Å². The Hall–Kier alpha value is -2.00. The van der Waals surface area contributed by atoms with E-state index in [0.717, 1.165) is 26.6 Å². The van der Waals surface area contributed by atoms with E-state index in [-0.39, 0.29) is 11.9 Å². The molecule has 26 heavy (non-hydrogen) atoms. The van der Waals surface area contributed by atoms with E-state index in [2.05, 4.69) is 32.9 Å². The summed E-state index contributed by atoms with van der Waals surface area (Å²) in [5, 5.41) is 3.31. The van der Waals surface area contributed by atoms with Gasteiger partial charge in [0, 0.05) is 9.13 Å². The second kappa shape index (κ2) is 8.59. The van der Waals surface area contributed by atoms with Crippen LogP contribution in [0, 0.1) is 3.57 Å². The highest BCUT2D eigenvalue weighted by Gasteiger charge is 2.13. The van der Waals surface area contributed by atoms with Gasteiger partial charge in [-0.2, -0.15) is 0 Å². The molecular formula is C19H17IN2O3S. The van der Waals surface area contributed by atoms with Gasteiger partial charge >= 0.3 is 5.97 Å². The van der Waals surface area contributed by atoms with Gasteiger partial charge in [0.2, 0.25) is 0 Å². The number of hydrogen-bond donors (Lipinski definition) is 1. The van der Waals surface area contributed by atoms with Crippen LogP contribution in [0.2, 0.25) is 0 Å². The highest BCUT2D eigenvalue weighted by Crippen LogP contribution is 2.27. The number of aromatic nitrogens is 1. The summed E-state index contributed by atoms with van der Waals surface area (Å²) in [6, 6.07) is 12.6. The van der Waals surface area contributed by atoms with Crippen molar-refractivity contribution in [3.05, 3.63) is 57.2 Å². The molecule has 0 spiro atoms. The molecule has 0 bridgehead atoms. The molecule has 7 heteroatoms. The Morgan fingerprint density at radius 1 is 1.19 bits per heavy atom. The Bertz CT molecular complexity index is 955. The largest absolute Gasteiger partial charge is 0.462 e. The molecule has 1 heterocycles. The summed E-state index contributed by atoms with van der Waals surface area (Å²) >= 11 is 3.50. The minimum atomic E-state index is -0.335.